The number of benzene rings is 1. The van der Waals surface area contributed by atoms with Crippen molar-refractivity contribution >= 4 is 11.3 Å². The van der Waals surface area contributed by atoms with Crippen molar-refractivity contribution in [1.29, 1.82) is 0 Å². The van der Waals surface area contributed by atoms with Gasteiger partial charge in [-0.3, -0.25) is 0 Å². The first kappa shape index (κ1) is 13.8. The van der Waals surface area contributed by atoms with Crippen molar-refractivity contribution < 1.29 is 0 Å². The lowest BCUT2D eigenvalue weighted by molar-refractivity contribution is 0.345. The van der Waals surface area contributed by atoms with E-state index in [9.17, 15) is 0 Å². The molecule has 0 radical (unpaired) electrons. The van der Waals surface area contributed by atoms with Gasteiger partial charge in [-0.1, -0.05) is 24.3 Å². The fourth-order valence-electron chi connectivity index (χ4n) is 3.56. The molecule has 1 aliphatic carbocycles. The highest BCUT2D eigenvalue weighted by Gasteiger charge is 2.28. The summed E-state index contributed by atoms with van der Waals surface area (Å²) >= 11 is 1.96. The van der Waals surface area contributed by atoms with Gasteiger partial charge in [-0.25, -0.2) is 0 Å². The van der Waals surface area contributed by atoms with Gasteiger partial charge < -0.3 is 5.32 Å². The van der Waals surface area contributed by atoms with Crippen LogP contribution in [0.5, 0.6) is 0 Å². The zero-order valence-electron chi connectivity index (χ0n) is 12.6. The van der Waals surface area contributed by atoms with Crippen LogP contribution in [0.2, 0.25) is 0 Å². The lowest BCUT2D eigenvalue weighted by atomic mass is 9.79. The molecule has 0 amide bonds. The number of thiophene rings is 1. The summed E-state index contributed by atoms with van der Waals surface area (Å²) in [5.74, 6) is 0.714. The summed E-state index contributed by atoms with van der Waals surface area (Å²) in [5.41, 5.74) is 4.55. The molecule has 106 valence electrons. The predicted octanol–water partition coefficient (Wildman–Crippen LogP) is 4.43. The van der Waals surface area contributed by atoms with Crippen molar-refractivity contribution in [2.75, 3.05) is 7.05 Å². The Kier molecular flexibility index (Phi) is 3.95. The largest absolute Gasteiger partial charge is 0.312 e. The van der Waals surface area contributed by atoms with Gasteiger partial charge in [0, 0.05) is 15.8 Å². The summed E-state index contributed by atoms with van der Waals surface area (Å²) in [6.45, 7) is 4.46. The number of aryl methyl sites for hydroxylation is 3. The molecule has 1 nitrogen and oxygen atoms in total. The number of rotatable bonds is 3. The molecule has 2 atom stereocenters. The molecule has 1 aromatic carbocycles. The molecule has 0 aliphatic heterocycles. The first-order valence-electron chi connectivity index (χ1n) is 7.50. The average molecular weight is 285 g/mol. The Hall–Kier alpha value is -1.12. The van der Waals surface area contributed by atoms with Crippen molar-refractivity contribution in [1.82, 2.24) is 5.32 Å². The van der Waals surface area contributed by atoms with Gasteiger partial charge in [-0.15, -0.1) is 11.3 Å². The number of hydrogen-bond acceptors (Lipinski definition) is 2. The summed E-state index contributed by atoms with van der Waals surface area (Å²) in [5, 5.41) is 3.58. The Morgan fingerprint density at radius 3 is 2.60 bits per heavy atom. The first-order chi connectivity index (χ1) is 9.69. The van der Waals surface area contributed by atoms with Crippen molar-refractivity contribution in [2.24, 2.45) is 5.92 Å². The fourth-order valence-corrected chi connectivity index (χ4v) is 4.80. The summed E-state index contributed by atoms with van der Waals surface area (Å²) < 4.78 is 0. The van der Waals surface area contributed by atoms with E-state index >= 15 is 0 Å². The maximum absolute atomic E-state index is 3.58. The van der Waals surface area contributed by atoms with Crippen LogP contribution in [0, 0.1) is 19.8 Å². The predicted molar refractivity (Wildman–Crippen MR) is 87.6 cm³/mol. The van der Waals surface area contributed by atoms with Gasteiger partial charge >= 0.3 is 0 Å². The van der Waals surface area contributed by atoms with Crippen LogP contribution >= 0.6 is 11.3 Å². The molecule has 0 saturated carbocycles. The van der Waals surface area contributed by atoms with E-state index in [0.29, 0.717) is 12.0 Å². The van der Waals surface area contributed by atoms with E-state index in [1.165, 1.54) is 34.6 Å². The van der Waals surface area contributed by atoms with E-state index < -0.39 is 0 Å². The second-order valence-corrected chi connectivity index (χ2v) is 7.23. The highest BCUT2D eigenvalue weighted by atomic mass is 32.1. The molecular formula is C18H23NS. The SMILES string of the molecule is CNC(c1sc(C)cc1C)C1CCc2ccccc2C1. The molecule has 1 N–H and O–H groups in total. The summed E-state index contributed by atoms with van der Waals surface area (Å²) in [4.78, 5) is 2.96. The number of nitrogens with one attached hydrogen (secondary N) is 1. The van der Waals surface area contributed by atoms with E-state index in [1.807, 2.05) is 11.3 Å². The van der Waals surface area contributed by atoms with Crippen LogP contribution in [-0.4, -0.2) is 7.05 Å². The maximum Gasteiger partial charge on any atom is 0.0447 e. The van der Waals surface area contributed by atoms with Gasteiger partial charge in [0.05, 0.1) is 0 Å². The monoisotopic (exact) mass is 285 g/mol. The lowest BCUT2D eigenvalue weighted by Gasteiger charge is -2.31. The van der Waals surface area contributed by atoms with E-state index in [-0.39, 0.29) is 0 Å². The van der Waals surface area contributed by atoms with Crippen LogP contribution in [0.15, 0.2) is 30.3 Å². The molecule has 2 aromatic rings. The topological polar surface area (TPSA) is 12.0 Å². The molecule has 0 fully saturated rings. The van der Waals surface area contributed by atoms with Gasteiger partial charge in [0.25, 0.3) is 0 Å². The first-order valence-corrected chi connectivity index (χ1v) is 8.31. The van der Waals surface area contributed by atoms with Crippen LogP contribution < -0.4 is 5.32 Å². The summed E-state index contributed by atoms with van der Waals surface area (Å²) in [6, 6.07) is 11.8. The minimum Gasteiger partial charge on any atom is -0.312 e. The minimum atomic E-state index is 0.502. The van der Waals surface area contributed by atoms with E-state index in [1.54, 1.807) is 11.1 Å². The molecular weight excluding hydrogens is 262 g/mol. The zero-order valence-corrected chi connectivity index (χ0v) is 13.4. The third-order valence-corrected chi connectivity index (χ3v) is 5.76. The quantitative estimate of drug-likeness (QED) is 0.879. The molecule has 1 heterocycles. The highest BCUT2D eigenvalue weighted by Crippen LogP contribution is 2.38. The molecule has 2 unspecified atom stereocenters. The van der Waals surface area contributed by atoms with Gasteiger partial charge in [0.1, 0.15) is 0 Å². The molecule has 1 aromatic heterocycles. The van der Waals surface area contributed by atoms with Crippen molar-refractivity contribution in [3.8, 4) is 0 Å². The Labute approximate surface area is 126 Å². The molecule has 20 heavy (non-hydrogen) atoms. The smallest absolute Gasteiger partial charge is 0.0447 e. The normalized spacial score (nSPS) is 19.6. The second kappa shape index (κ2) is 5.71. The summed E-state index contributed by atoms with van der Waals surface area (Å²) in [6.07, 6.45) is 3.72. The van der Waals surface area contributed by atoms with Crippen LogP contribution in [0.3, 0.4) is 0 Å². The highest BCUT2D eigenvalue weighted by molar-refractivity contribution is 7.12. The number of hydrogen-bond donors (Lipinski definition) is 1. The van der Waals surface area contributed by atoms with Crippen molar-refractivity contribution in [3.05, 3.63) is 56.8 Å². The van der Waals surface area contributed by atoms with Gasteiger partial charge in [0.15, 0.2) is 0 Å². The average Bonchev–Trinajstić information content (AvgIpc) is 2.78. The third kappa shape index (κ3) is 2.55. The molecule has 0 saturated heterocycles. The minimum absolute atomic E-state index is 0.502. The van der Waals surface area contributed by atoms with Gasteiger partial charge in [-0.05, 0) is 68.8 Å². The van der Waals surface area contributed by atoms with Crippen molar-refractivity contribution in [2.45, 2.75) is 39.2 Å². The Morgan fingerprint density at radius 2 is 1.95 bits per heavy atom. The number of fused-ring (bicyclic) bond motifs is 1. The maximum atomic E-state index is 3.58. The second-order valence-electron chi connectivity index (χ2n) is 5.94. The Morgan fingerprint density at radius 1 is 1.20 bits per heavy atom. The molecule has 2 heteroatoms. The Bertz CT molecular complexity index is 599. The van der Waals surface area contributed by atoms with E-state index in [2.05, 4.69) is 56.5 Å². The third-order valence-electron chi connectivity index (χ3n) is 4.53. The molecule has 1 aliphatic rings. The van der Waals surface area contributed by atoms with E-state index in [4.69, 9.17) is 0 Å². The Balaban J connectivity index is 1.87. The van der Waals surface area contributed by atoms with Crippen molar-refractivity contribution in [3.63, 3.8) is 0 Å². The fraction of sp³-hybridized carbons (Fsp3) is 0.444. The van der Waals surface area contributed by atoms with E-state index in [0.717, 1.165) is 0 Å². The molecule has 3 rings (SSSR count). The van der Waals surface area contributed by atoms with Crippen LogP contribution in [0.1, 0.15) is 38.9 Å². The van der Waals surface area contributed by atoms with Crippen LogP contribution in [-0.2, 0) is 12.8 Å². The summed E-state index contributed by atoms with van der Waals surface area (Å²) in [7, 11) is 2.11. The van der Waals surface area contributed by atoms with Gasteiger partial charge in [0.2, 0.25) is 0 Å². The van der Waals surface area contributed by atoms with Crippen LogP contribution in [0.25, 0.3) is 0 Å². The molecule has 0 bridgehead atoms. The zero-order chi connectivity index (χ0) is 14.1. The molecule has 0 spiro atoms. The lowest BCUT2D eigenvalue weighted by Crippen LogP contribution is -2.29. The van der Waals surface area contributed by atoms with Crippen LogP contribution in [0.4, 0.5) is 0 Å². The standard InChI is InChI=1S/C18H23NS/c1-12-10-13(2)20-18(12)17(19-3)16-9-8-14-6-4-5-7-15(14)11-16/h4-7,10,16-17,19H,8-9,11H2,1-3H3. The van der Waals surface area contributed by atoms with Gasteiger partial charge in [-0.2, -0.15) is 0 Å².